The van der Waals surface area contributed by atoms with Crippen LogP contribution in [0.5, 0.6) is 0 Å². The summed E-state index contributed by atoms with van der Waals surface area (Å²) in [5.41, 5.74) is 0. The van der Waals surface area contributed by atoms with Crippen LogP contribution in [0.2, 0.25) is 0 Å². The first-order valence-electron chi connectivity index (χ1n) is 19.3. The summed E-state index contributed by atoms with van der Waals surface area (Å²) in [7, 11) is -4.79. The number of phosphoric ester groups is 1. The van der Waals surface area contributed by atoms with Crippen LogP contribution in [0.4, 0.5) is 0 Å². The first kappa shape index (κ1) is 48.5. The van der Waals surface area contributed by atoms with Crippen LogP contribution in [0, 0.1) is 0 Å². The number of unbranched alkanes of at least 4 members (excludes halogenated alkanes) is 12. The normalized spacial score (nSPS) is 13.9. The predicted octanol–water partition coefficient (Wildman–Crippen LogP) is 10.5. The van der Waals surface area contributed by atoms with Crippen molar-refractivity contribution in [2.45, 2.75) is 161 Å². The number of ether oxygens (including phenoxy) is 2. The zero-order valence-corrected chi connectivity index (χ0v) is 32.5. The monoisotopic (exact) mass is 736 g/mol. The van der Waals surface area contributed by atoms with Gasteiger partial charge in [-0.1, -0.05) is 164 Å². The average Bonchev–Trinajstić information content (AvgIpc) is 3.09. The SMILES string of the molecule is CC/C=C\C/C=C\C/C=C\C/C=C\C=C/C(O)C/C=C\CCC(=O)OC[C@H](COP(=O)(O)O)OC(=O)CCCCCCCCCCCCCCC. The highest BCUT2D eigenvalue weighted by molar-refractivity contribution is 7.46. The van der Waals surface area contributed by atoms with Crippen molar-refractivity contribution in [2.75, 3.05) is 13.2 Å². The molecular formula is C41H69O9P. The number of phosphoric acid groups is 1. The van der Waals surface area contributed by atoms with E-state index in [0.717, 1.165) is 44.9 Å². The van der Waals surface area contributed by atoms with Gasteiger partial charge in [0.2, 0.25) is 0 Å². The third kappa shape index (κ3) is 38.5. The molecule has 3 N–H and O–H groups in total. The molecule has 0 aliphatic rings. The molecule has 0 aromatic rings. The Hall–Kier alpha value is -2.55. The Labute approximate surface area is 309 Å². The van der Waals surface area contributed by atoms with Crippen LogP contribution in [0.3, 0.4) is 0 Å². The molecule has 0 heterocycles. The van der Waals surface area contributed by atoms with Gasteiger partial charge in [-0.2, -0.15) is 0 Å². The second-order valence-electron chi connectivity index (χ2n) is 12.7. The standard InChI is InChI=1S/C41H69O9P/c1-3-5-7-9-11-13-15-17-19-21-23-25-28-32-38(42)33-29-27-31-34-40(43)48-36-39(37-49-51(45,46)47)50-41(44)35-30-26-24-22-20-18-16-14-12-10-8-6-4-2/h5,7,11,13,17,19,23,25,27-29,32,38-39,42H,3-4,6,8-10,12,14-16,18,20-22,24,26,30-31,33-37H2,1-2H3,(H2,45,46,47)/b7-5-,13-11-,19-17-,25-23-,29-27-,32-28-/t38?,39-/m1/s1. The highest BCUT2D eigenvalue weighted by Crippen LogP contribution is 2.36. The molecule has 0 aliphatic carbocycles. The van der Waals surface area contributed by atoms with Gasteiger partial charge in [-0.25, -0.2) is 4.57 Å². The van der Waals surface area contributed by atoms with E-state index in [1.807, 2.05) is 18.2 Å². The molecule has 2 atom stereocenters. The lowest BCUT2D eigenvalue weighted by Crippen LogP contribution is -2.29. The molecule has 0 amide bonds. The fraction of sp³-hybridized carbons (Fsp3) is 0.659. The van der Waals surface area contributed by atoms with Crippen LogP contribution in [0.15, 0.2) is 72.9 Å². The van der Waals surface area contributed by atoms with Gasteiger partial charge in [0.15, 0.2) is 6.10 Å². The van der Waals surface area contributed by atoms with E-state index in [9.17, 15) is 19.3 Å². The van der Waals surface area contributed by atoms with E-state index < -0.39 is 38.6 Å². The Bertz CT molecular complexity index is 1070. The smallest absolute Gasteiger partial charge is 0.462 e. The molecule has 292 valence electrons. The summed E-state index contributed by atoms with van der Waals surface area (Å²) in [4.78, 5) is 42.7. The molecule has 0 bridgehead atoms. The third-order valence-corrected chi connectivity index (χ3v) is 8.32. The van der Waals surface area contributed by atoms with Crippen LogP contribution >= 0.6 is 7.82 Å². The van der Waals surface area contributed by atoms with E-state index in [-0.39, 0.29) is 19.4 Å². The summed E-state index contributed by atoms with van der Waals surface area (Å²) in [5, 5.41) is 10.1. The van der Waals surface area contributed by atoms with Gasteiger partial charge in [0.25, 0.3) is 0 Å². The summed E-state index contributed by atoms with van der Waals surface area (Å²) < 4.78 is 26.2. The Balaban J connectivity index is 4.20. The highest BCUT2D eigenvalue weighted by atomic mass is 31.2. The van der Waals surface area contributed by atoms with E-state index in [0.29, 0.717) is 19.3 Å². The van der Waals surface area contributed by atoms with E-state index in [1.165, 1.54) is 57.8 Å². The fourth-order valence-electron chi connectivity index (χ4n) is 4.95. The maximum atomic E-state index is 12.4. The van der Waals surface area contributed by atoms with E-state index in [4.69, 9.17) is 19.3 Å². The predicted molar refractivity (Wildman–Crippen MR) is 208 cm³/mol. The zero-order valence-electron chi connectivity index (χ0n) is 31.6. The lowest BCUT2D eigenvalue weighted by atomic mass is 10.0. The Morgan fingerprint density at radius 1 is 0.627 bits per heavy atom. The molecule has 51 heavy (non-hydrogen) atoms. The van der Waals surface area contributed by atoms with Gasteiger partial charge in [-0.05, 0) is 44.9 Å². The van der Waals surface area contributed by atoms with Gasteiger partial charge in [-0.15, -0.1) is 0 Å². The number of esters is 2. The first-order chi connectivity index (χ1) is 24.7. The summed E-state index contributed by atoms with van der Waals surface area (Å²) in [6.07, 6.45) is 42.3. The molecule has 0 aromatic carbocycles. The summed E-state index contributed by atoms with van der Waals surface area (Å²) in [6.45, 7) is 3.40. The molecule has 0 aliphatic heterocycles. The van der Waals surface area contributed by atoms with Crippen LogP contribution in [0.25, 0.3) is 0 Å². The molecule has 0 rings (SSSR count). The van der Waals surface area contributed by atoms with Crippen molar-refractivity contribution in [1.82, 2.24) is 0 Å². The van der Waals surface area contributed by atoms with Gasteiger partial charge in [-0.3, -0.25) is 14.1 Å². The minimum atomic E-state index is -4.79. The molecule has 0 fully saturated rings. The Morgan fingerprint density at radius 3 is 1.75 bits per heavy atom. The fourth-order valence-corrected chi connectivity index (χ4v) is 5.31. The van der Waals surface area contributed by atoms with Crippen molar-refractivity contribution in [3.8, 4) is 0 Å². The second kappa shape index (κ2) is 35.8. The maximum Gasteiger partial charge on any atom is 0.469 e. The Morgan fingerprint density at radius 2 is 1.18 bits per heavy atom. The molecule has 0 saturated heterocycles. The lowest BCUT2D eigenvalue weighted by Gasteiger charge is -2.18. The van der Waals surface area contributed by atoms with Gasteiger partial charge < -0.3 is 24.4 Å². The van der Waals surface area contributed by atoms with Crippen molar-refractivity contribution in [3.63, 3.8) is 0 Å². The number of rotatable bonds is 34. The number of hydrogen-bond acceptors (Lipinski definition) is 7. The van der Waals surface area contributed by atoms with Crippen LogP contribution < -0.4 is 0 Å². The summed E-state index contributed by atoms with van der Waals surface area (Å²) >= 11 is 0. The molecule has 0 saturated carbocycles. The summed E-state index contributed by atoms with van der Waals surface area (Å²) in [5.74, 6) is -1.07. The van der Waals surface area contributed by atoms with Crippen molar-refractivity contribution in [1.29, 1.82) is 0 Å². The topological polar surface area (TPSA) is 140 Å². The molecular weight excluding hydrogens is 667 g/mol. The minimum Gasteiger partial charge on any atom is -0.462 e. The average molecular weight is 737 g/mol. The van der Waals surface area contributed by atoms with E-state index in [2.05, 4.69) is 54.8 Å². The molecule has 10 heteroatoms. The Kier molecular flexibility index (Phi) is 34.0. The molecule has 1 unspecified atom stereocenters. The van der Waals surface area contributed by atoms with Crippen LogP contribution in [-0.4, -0.2) is 52.3 Å². The molecule has 0 aromatic heterocycles. The van der Waals surface area contributed by atoms with Crippen LogP contribution in [-0.2, 0) is 28.2 Å². The lowest BCUT2D eigenvalue weighted by molar-refractivity contribution is -0.161. The van der Waals surface area contributed by atoms with Gasteiger partial charge >= 0.3 is 19.8 Å². The number of carbonyl (C=O) groups is 2. The van der Waals surface area contributed by atoms with E-state index in [1.54, 1.807) is 18.2 Å². The van der Waals surface area contributed by atoms with Crippen molar-refractivity contribution in [3.05, 3.63) is 72.9 Å². The first-order valence-corrected chi connectivity index (χ1v) is 20.9. The largest absolute Gasteiger partial charge is 0.469 e. The van der Waals surface area contributed by atoms with Gasteiger partial charge in [0, 0.05) is 12.8 Å². The van der Waals surface area contributed by atoms with E-state index >= 15 is 0 Å². The zero-order chi connectivity index (χ0) is 37.7. The quantitative estimate of drug-likeness (QED) is 0.0194. The number of carbonyl (C=O) groups excluding carboxylic acids is 2. The van der Waals surface area contributed by atoms with Gasteiger partial charge in [0.05, 0.1) is 12.7 Å². The van der Waals surface area contributed by atoms with Crippen LogP contribution in [0.1, 0.15) is 149 Å². The second-order valence-corrected chi connectivity index (χ2v) is 14.0. The van der Waals surface area contributed by atoms with Crippen molar-refractivity contribution >= 4 is 19.8 Å². The van der Waals surface area contributed by atoms with Gasteiger partial charge in [0.1, 0.15) is 6.61 Å². The number of hydrogen-bond donors (Lipinski definition) is 3. The minimum absolute atomic E-state index is 0.0589. The van der Waals surface area contributed by atoms with Crippen molar-refractivity contribution < 1.29 is 43.0 Å². The number of aliphatic hydroxyl groups excluding tert-OH is 1. The summed E-state index contributed by atoms with van der Waals surface area (Å²) in [6, 6.07) is 0. The maximum absolute atomic E-state index is 12.4. The molecule has 0 radical (unpaired) electrons. The third-order valence-electron chi connectivity index (χ3n) is 7.83. The number of aliphatic hydroxyl groups is 1. The van der Waals surface area contributed by atoms with Crippen molar-refractivity contribution in [2.24, 2.45) is 0 Å². The highest BCUT2D eigenvalue weighted by Gasteiger charge is 2.22. The molecule has 0 spiro atoms. The number of allylic oxidation sites excluding steroid dienone is 10. The molecule has 9 nitrogen and oxygen atoms in total.